The van der Waals surface area contributed by atoms with Crippen molar-refractivity contribution in [2.75, 3.05) is 11.1 Å². The Kier molecular flexibility index (Phi) is 5.82. The van der Waals surface area contributed by atoms with E-state index in [0.29, 0.717) is 11.5 Å². The molecule has 0 unspecified atom stereocenters. The number of carbonyl (C=O) groups excluding carboxylic acids is 1. The molecule has 150 valence electrons. The Hall–Kier alpha value is -3.41. The summed E-state index contributed by atoms with van der Waals surface area (Å²) in [5, 5.41) is 6.22. The number of hydrogen-bond acceptors (Lipinski definition) is 5. The zero-order valence-electron chi connectivity index (χ0n) is 17.3. The maximum Gasteiger partial charge on any atom is 0.251 e. The molecular formula is C23H27N5O. The second kappa shape index (κ2) is 8.31. The number of carbonyl (C=O) groups is 1. The highest BCUT2D eigenvalue weighted by molar-refractivity contribution is 5.95. The van der Waals surface area contributed by atoms with Gasteiger partial charge in [-0.25, -0.2) is 9.97 Å². The van der Waals surface area contributed by atoms with Crippen LogP contribution in [0.4, 0.5) is 17.3 Å². The average molecular weight is 390 g/mol. The lowest BCUT2D eigenvalue weighted by molar-refractivity contribution is 0.0911. The Morgan fingerprint density at radius 2 is 1.83 bits per heavy atom. The number of aromatic nitrogens is 2. The maximum atomic E-state index is 12.4. The third-order valence-corrected chi connectivity index (χ3v) is 5.05. The first-order chi connectivity index (χ1) is 13.8. The van der Waals surface area contributed by atoms with E-state index >= 15 is 0 Å². The van der Waals surface area contributed by atoms with Crippen molar-refractivity contribution in [2.45, 2.75) is 39.7 Å². The van der Waals surface area contributed by atoms with Crippen LogP contribution in [0.3, 0.4) is 0 Å². The molecule has 4 N–H and O–H groups in total. The van der Waals surface area contributed by atoms with Gasteiger partial charge < -0.3 is 16.4 Å². The smallest absolute Gasteiger partial charge is 0.251 e. The molecular weight excluding hydrogens is 362 g/mol. The Labute approximate surface area is 171 Å². The van der Waals surface area contributed by atoms with Crippen LogP contribution in [0, 0.1) is 6.92 Å². The zero-order chi connectivity index (χ0) is 21.0. The van der Waals surface area contributed by atoms with Gasteiger partial charge in [0, 0.05) is 34.2 Å². The van der Waals surface area contributed by atoms with Gasteiger partial charge >= 0.3 is 0 Å². The molecule has 0 saturated carbocycles. The minimum atomic E-state index is -0.235. The van der Waals surface area contributed by atoms with Gasteiger partial charge in [0.1, 0.15) is 0 Å². The van der Waals surface area contributed by atoms with Gasteiger partial charge in [-0.05, 0) is 69.2 Å². The summed E-state index contributed by atoms with van der Waals surface area (Å²) in [6.45, 7) is 8.04. The Bertz CT molecular complexity index is 1010. The predicted molar refractivity (Wildman–Crippen MR) is 118 cm³/mol. The highest BCUT2D eigenvalue weighted by Gasteiger charge is 2.18. The summed E-state index contributed by atoms with van der Waals surface area (Å²) in [4.78, 5) is 21.3. The first kappa shape index (κ1) is 20.3. The second-order valence-electron chi connectivity index (χ2n) is 7.68. The first-order valence-electron chi connectivity index (χ1n) is 9.67. The van der Waals surface area contributed by atoms with Gasteiger partial charge in [-0.1, -0.05) is 19.1 Å². The van der Waals surface area contributed by atoms with Crippen LogP contribution in [0.5, 0.6) is 0 Å². The van der Waals surface area contributed by atoms with E-state index in [9.17, 15) is 4.79 Å². The highest BCUT2D eigenvalue weighted by atomic mass is 16.1. The van der Waals surface area contributed by atoms with Gasteiger partial charge in [-0.3, -0.25) is 4.79 Å². The van der Waals surface area contributed by atoms with E-state index in [4.69, 9.17) is 5.73 Å². The van der Waals surface area contributed by atoms with Crippen LogP contribution in [0.15, 0.2) is 54.7 Å². The number of hydrogen-bond donors (Lipinski definition) is 3. The molecule has 29 heavy (non-hydrogen) atoms. The topological polar surface area (TPSA) is 92.9 Å². The number of anilines is 3. The van der Waals surface area contributed by atoms with E-state index in [1.54, 1.807) is 18.3 Å². The summed E-state index contributed by atoms with van der Waals surface area (Å²) >= 11 is 0. The molecule has 0 spiro atoms. The molecule has 0 bridgehead atoms. The fraction of sp³-hybridized carbons (Fsp3) is 0.261. The van der Waals surface area contributed by atoms with Gasteiger partial charge in [-0.15, -0.1) is 0 Å². The highest BCUT2D eigenvalue weighted by Crippen LogP contribution is 2.26. The number of amides is 1. The second-order valence-corrected chi connectivity index (χ2v) is 7.68. The van der Waals surface area contributed by atoms with Crippen LogP contribution in [0.2, 0.25) is 0 Å². The van der Waals surface area contributed by atoms with Crippen molar-refractivity contribution >= 4 is 23.2 Å². The molecule has 0 fully saturated rings. The minimum Gasteiger partial charge on any atom is -0.398 e. The van der Waals surface area contributed by atoms with Crippen LogP contribution in [-0.4, -0.2) is 21.4 Å². The average Bonchev–Trinajstić information content (AvgIpc) is 2.70. The molecule has 0 aliphatic heterocycles. The molecule has 0 saturated heterocycles. The lowest BCUT2D eigenvalue weighted by Crippen LogP contribution is -2.42. The van der Waals surface area contributed by atoms with Crippen LogP contribution in [-0.2, 0) is 0 Å². The number of nitrogens with one attached hydrogen (secondary N) is 2. The molecule has 0 aliphatic rings. The Morgan fingerprint density at radius 3 is 2.52 bits per heavy atom. The summed E-state index contributed by atoms with van der Waals surface area (Å²) in [7, 11) is 0. The number of nitrogens with two attached hydrogens (primary N) is 1. The summed E-state index contributed by atoms with van der Waals surface area (Å²) in [6, 6.07) is 14.9. The number of nitrogens with zero attached hydrogens (tertiary/aromatic N) is 2. The van der Waals surface area contributed by atoms with E-state index in [1.165, 1.54) is 0 Å². The lowest BCUT2D eigenvalue weighted by atomic mass is 10.0. The molecule has 2 aromatic carbocycles. The standard InChI is InChI=1S/C23H27N5O/c1-5-23(3,4)28-21(29)16-9-11-17(12-10-16)26-22-25-14-13-20(27-22)18-7-6-8-19(24)15(18)2/h6-14H,5,24H2,1-4H3,(H,28,29)(H,25,26,27). The maximum absolute atomic E-state index is 12.4. The van der Waals surface area contributed by atoms with Crippen LogP contribution in [0.25, 0.3) is 11.3 Å². The predicted octanol–water partition coefficient (Wildman–Crippen LogP) is 4.70. The number of benzene rings is 2. The lowest BCUT2D eigenvalue weighted by Gasteiger charge is -2.24. The quantitative estimate of drug-likeness (QED) is 0.532. The minimum absolute atomic E-state index is 0.0845. The van der Waals surface area contributed by atoms with Gasteiger partial charge in [0.25, 0.3) is 5.91 Å². The SMILES string of the molecule is CCC(C)(C)NC(=O)c1ccc(Nc2nccc(-c3cccc(N)c3C)n2)cc1. The summed E-state index contributed by atoms with van der Waals surface area (Å²) in [5.74, 6) is 0.396. The summed E-state index contributed by atoms with van der Waals surface area (Å²) in [5.41, 5.74) is 10.7. The summed E-state index contributed by atoms with van der Waals surface area (Å²) in [6.07, 6.45) is 2.57. The molecule has 0 radical (unpaired) electrons. The van der Waals surface area contributed by atoms with Crippen LogP contribution < -0.4 is 16.4 Å². The monoisotopic (exact) mass is 389 g/mol. The van der Waals surface area contributed by atoms with Crippen molar-refractivity contribution in [2.24, 2.45) is 0 Å². The molecule has 0 atom stereocenters. The molecule has 1 heterocycles. The number of nitrogen functional groups attached to an aromatic ring is 1. The van der Waals surface area contributed by atoms with Crippen molar-refractivity contribution in [1.29, 1.82) is 0 Å². The molecule has 3 rings (SSSR count). The Morgan fingerprint density at radius 1 is 1.10 bits per heavy atom. The fourth-order valence-corrected chi connectivity index (χ4v) is 2.80. The van der Waals surface area contributed by atoms with Gasteiger partial charge in [0.15, 0.2) is 0 Å². The van der Waals surface area contributed by atoms with E-state index in [2.05, 4.69) is 20.6 Å². The molecule has 1 amide bonds. The van der Waals surface area contributed by atoms with E-state index < -0.39 is 0 Å². The van der Waals surface area contributed by atoms with Gasteiger partial charge in [-0.2, -0.15) is 0 Å². The zero-order valence-corrected chi connectivity index (χ0v) is 17.3. The van der Waals surface area contributed by atoms with Crippen LogP contribution in [0.1, 0.15) is 43.1 Å². The molecule has 0 aliphatic carbocycles. The first-order valence-corrected chi connectivity index (χ1v) is 9.67. The van der Waals surface area contributed by atoms with Crippen molar-refractivity contribution in [1.82, 2.24) is 15.3 Å². The molecule has 1 aromatic heterocycles. The van der Waals surface area contributed by atoms with E-state index in [-0.39, 0.29) is 11.4 Å². The van der Waals surface area contributed by atoms with E-state index in [1.807, 2.05) is 64.1 Å². The Balaban J connectivity index is 1.76. The van der Waals surface area contributed by atoms with Crippen molar-refractivity contribution in [3.63, 3.8) is 0 Å². The van der Waals surface area contributed by atoms with Crippen molar-refractivity contribution in [3.05, 3.63) is 65.9 Å². The molecule has 6 heteroatoms. The molecule has 6 nitrogen and oxygen atoms in total. The third-order valence-electron chi connectivity index (χ3n) is 5.05. The van der Waals surface area contributed by atoms with Gasteiger partial charge in [0.2, 0.25) is 5.95 Å². The van der Waals surface area contributed by atoms with Gasteiger partial charge in [0.05, 0.1) is 5.69 Å². The molecule has 3 aromatic rings. The fourth-order valence-electron chi connectivity index (χ4n) is 2.80. The van der Waals surface area contributed by atoms with Crippen molar-refractivity contribution < 1.29 is 4.79 Å². The third kappa shape index (κ3) is 4.90. The number of rotatable bonds is 6. The van der Waals surface area contributed by atoms with Crippen molar-refractivity contribution in [3.8, 4) is 11.3 Å². The normalized spacial score (nSPS) is 11.2. The van der Waals surface area contributed by atoms with Crippen LogP contribution >= 0.6 is 0 Å². The largest absolute Gasteiger partial charge is 0.398 e. The van der Waals surface area contributed by atoms with E-state index in [0.717, 1.165) is 34.6 Å². The summed E-state index contributed by atoms with van der Waals surface area (Å²) < 4.78 is 0.